The van der Waals surface area contributed by atoms with Crippen LogP contribution in [-0.2, 0) is 4.74 Å². The maximum atomic E-state index is 11.3. The van der Waals surface area contributed by atoms with Crippen molar-refractivity contribution in [1.82, 2.24) is 10.2 Å². The van der Waals surface area contributed by atoms with Crippen LogP contribution in [0.4, 0.5) is 10.5 Å². The highest BCUT2D eigenvalue weighted by atomic mass is 16.5. The Kier molecular flexibility index (Phi) is 5.44. The molecule has 0 saturated carbocycles. The highest BCUT2D eigenvalue weighted by Gasteiger charge is 2.24. The highest BCUT2D eigenvalue weighted by molar-refractivity contribution is 5.66. The minimum Gasteiger partial charge on any atom is -0.453 e. The summed E-state index contributed by atoms with van der Waals surface area (Å²) in [4.78, 5) is 15.9. The quantitative estimate of drug-likeness (QED) is 0.903. The van der Waals surface area contributed by atoms with Gasteiger partial charge in [-0.1, -0.05) is 12.1 Å². The van der Waals surface area contributed by atoms with Gasteiger partial charge >= 0.3 is 6.09 Å². The molecule has 1 atom stereocenters. The second-order valence-corrected chi connectivity index (χ2v) is 5.62. The van der Waals surface area contributed by atoms with Gasteiger partial charge in [0.1, 0.15) is 0 Å². The molecular weight excluding hydrogens is 266 g/mol. The summed E-state index contributed by atoms with van der Waals surface area (Å²) in [6.45, 7) is 2.75. The van der Waals surface area contributed by atoms with Crippen LogP contribution in [0.25, 0.3) is 0 Å². The fourth-order valence-electron chi connectivity index (χ4n) is 2.76. The molecule has 0 aromatic heterocycles. The van der Waals surface area contributed by atoms with Crippen LogP contribution in [0.5, 0.6) is 0 Å². The van der Waals surface area contributed by atoms with Crippen LogP contribution in [0.15, 0.2) is 24.3 Å². The molecule has 5 nitrogen and oxygen atoms in total. The van der Waals surface area contributed by atoms with Crippen molar-refractivity contribution in [2.24, 2.45) is 0 Å². The summed E-state index contributed by atoms with van der Waals surface area (Å²) in [5.74, 6) is 0. The number of carbonyl (C=O) groups is 1. The Morgan fingerprint density at radius 1 is 1.29 bits per heavy atom. The first-order valence-corrected chi connectivity index (χ1v) is 7.45. The Morgan fingerprint density at radius 3 is 2.43 bits per heavy atom. The van der Waals surface area contributed by atoms with E-state index in [1.807, 2.05) is 14.1 Å². The van der Waals surface area contributed by atoms with Crippen LogP contribution in [0.2, 0.25) is 0 Å². The molecule has 1 aliphatic rings. The number of nitrogens with zero attached hydrogens (tertiary/aromatic N) is 2. The van der Waals surface area contributed by atoms with Gasteiger partial charge in [-0.2, -0.15) is 0 Å². The Morgan fingerprint density at radius 2 is 1.90 bits per heavy atom. The normalized spacial score (nSPS) is 16.5. The molecule has 1 saturated heterocycles. The van der Waals surface area contributed by atoms with E-state index in [0.29, 0.717) is 6.54 Å². The summed E-state index contributed by atoms with van der Waals surface area (Å²) in [5.41, 5.74) is 2.42. The van der Waals surface area contributed by atoms with E-state index < -0.39 is 0 Å². The lowest BCUT2D eigenvalue weighted by Crippen LogP contribution is -2.36. The number of anilines is 1. The summed E-state index contributed by atoms with van der Waals surface area (Å²) >= 11 is 0. The average Bonchev–Trinajstić information content (AvgIpc) is 3.01. The number of rotatable bonds is 5. The van der Waals surface area contributed by atoms with Crippen molar-refractivity contribution in [3.8, 4) is 0 Å². The van der Waals surface area contributed by atoms with Gasteiger partial charge in [-0.05, 0) is 43.6 Å². The summed E-state index contributed by atoms with van der Waals surface area (Å²) < 4.78 is 4.67. The predicted octanol–water partition coefficient (Wildman–Crippen LogP) is 2.25. The molecule has 0 unspecified atom stereocenters. The SMILES string of the molecule is COC(=O)NC[C@H](c1ccc(N(C)C)cc1)N1CCCC1. The van der Waals surface area contributed by atoms with E-state index in [1.165, 1.54) is 31.2 Å². The number of nitrogens with one attached hydrogen (secondary N) is 1. The average molecular weight is 291 g/mol. The number of ether oxygens (including phenoxy) is 1. The maximum Gasteiger partial charge on any atom is 0.406 e. The van der Waals surface area contributed by atoms with Crippen LogP contribution >= 0.6 is 0 Å². The molecule has 1 amide bonds. The Balaban J connectivity index is 2.11. The lowest BCUT2D eigenvalue weighted by Gasteiger charge is -2.28. The lowest BCUT2D eigenvalue weighted by molar-refractivity contribution is 0.163. The van der Waals surface area contributed by atoms with Gasteiger partial charge in [-0.15, -0.1) is 0 Å². The first kappa shape index (κ1) is 15.6. The summed E-state index contributed by atoms with van der Waals surface area (Å²) in [6, 6.07) is 8.75. The zero-order chi connectivity index (χ0) is 15.2. The number of hydrogen-bond donors (Lipinski definition) is 1. The van der Waals surface area contributed by atoms with Gasteiger partial charge in [0.15, 0.2) is 0 Å². The van der Waals surface area contributed by atoms with Gasteiger partial charge in [-0.3, -0.25) is 4.90 Å². The molecular formula is C16H25N3O2. The smallest absolute Gasteiger partial charge is 0.406 e. The van der Waals surface area contributed by atoms with Crippen molar-refractivity contribution in [1.29, 1.82) is 0 Å². The molecule has 1 fully saturated rings. The molecule has 116 valence electrons. The Labute approximate surface area is 126 Å². The van der Waals surface area contributed by atoms with E-state index >= 15 is 0 Å². The summed E-state index contributed by atoms with van der Waals surface area (Å²) in [5, 5.41) is 2.83. The van der Waals surface area contributed by atoms with Crippen LogP contribution in [0, 0.1) is 0 Å². The third-order valence-corrected chi connectivity index (χ3v) is 4.00. The van der Waals surface area contributed by atoms with Crippen molar-refractivity contribution in [3.63, 3.8) is 0 Å². The predicted molar refractivity (Wildman–Crippen MR) is 84.7 cm³/mol. The Hall–Kier alpha value is -1.75. The lowest BCUT2D eigenvalue weighted by atomic mass is 10.0. The van der Waals surface area contributed by atoms with Gasteiger partial charge in [0.2, 0.25) is 0 Å². The Bertz CT molecular complexity index is 453. The molecule has 0 aliphatic carbocycles. The minimum absolute atomic E-state index is 0.211. The molecule has 1 aromatic rings. The second kappa shape index (κ2) is 7.31. The molecule has 1 aliphatic heterocycles. The largest absolute Gasteiger partial charge is 0.453 e. The number of methoxy groups -OCH3 is 1. The van der Waals surface area contributed by atoms with Gasteiger partial charge < -0.3 is 15.0 Å². The van der Waals surface area contributed by atoms with Crippen molar-refractivity contribution in [3.05, 3.63) is 29.8 Å². The van der Waals surface area contributed by atoms with E-state index in [2.05, 4.69) is 44.1 Å². The molecule has 0 bridgehead atoms. The number of amides is 1. The molecule has 0 spiro atoms. The molecule has 5 heteroatoms. The molecule has 0 radical (unpaired) electrons. The summed E-state index contributed by atoms with van der Waals surface area (Å²) in [7, 11) is 5.46. The third kappa shape index (κ3) is 4.11. The molecule has 1 aromatic carbocycles. The number of carbonyl (C=O) groups excluding carboxylic acids is 1. The van der Waals surface area contributed by atoms with Gasteiger partial charge in [-0.25, -0.2) is 4.79 Å². The molecule has 1 heterocycles. The van der Waals surface area contributed by atoms with Crippen LogP contribution in [-0.4, -0.2) is 51.8 Å². The van der Waals surface area contributed by atoms with Crippen LogP contribution in [0.1, 0.15) is 24.4 Å². The van der Waals surface area contributed by atoms with Gasteiger partial charge in [0.25, 0.3) is 0 Å². The number of benzene rings is 1. The summed E-state index contributed by atoms with van der Waals surface area (Å²) in [6.07, 6.45) is 2.08. The van der Waals surface area contributed by atoms with Crippen LogP contribution in [0.3, 0.4) is 0 Å². The van der Waals surface area contributed by atoms with E-state index in [0.717, 1.165) is 13.1 Å². The van der Waals surface area contributed by atoms with Crippen molar-refractivity contribution in [2.45, 2.75) is 18.9 Å². The first-order valence-electron chi connectivity index (χ1n) is 7.45. The fraction of sp³-hybridized carbons (Fsp3) is 0.562. The van der Waals surface area contributed by atoms with Crippen molar-refractivity contribution >= 4 is 11.8 Å². The monoisotopic (exact) mass is 291 g/mol. The topological polar surface area (TPSA) is 44.8 Å². The molecule has 2 rings (SSSR count). The standard InChI is InChI=1S/C16H25N3O2/c1-18(2)14-8-6-13(7-9-14)15(12-17-16(20)21-3)19-10-4-5-11-19/h6-9,15H,4-5,10-12H2,1-3H3,(H,17,20)/t15-/m1/s1. The van der Waals surface area contributed by atoms with Crippen LogP contribution < -0.4 is 10.2 Å². The first-order chi connectivity index (χ1) is 10.1. The van der Waals surface area contributed by atoms with E-state index in [-0.39, 0.29) is 12.1 Å². The molecule has 1 N–H and O–H groups in total. The second-order valence-electron chi connectivity index (χ2n) is 5.62. The zero-order valence-electron chi connectivity index (χ0n) is 13.1. The van der Waals surface area contributed by atoms with E-state index in [9.17, 15) is 4.79 Å². The van der Waals surface area contributed by atoms with Crippen molar-refractivity contribution in [2.75, 3.05) is 45.7 Å². The fourth-order valence-corrected chi connectivity index (χ4v) is 2.76. The van der Waals surface area contributed by atoms with Gasteiger partial charge in [0, 0.05) is 26.3 Å². The minimum atomic E-state index is -0.371. The number of likely N-dealkylation sites (tertiary alicyclic amines) is 1. The van der Waals surface area contributed by atoms with Gasteiger partial charge in [0.05, 0.1) is 13.2 Å². The van der Waals surface area contributed by atoms with E-state index in [4.69, 9.17) is 0 Å². The third-order valence-electron chi connectivity index (χ3n) is 4.00. The van der Waals surface area contributed by atoms with Crippen molar-refractivity contribution < 1.29 is 9.53 Å². The number of hydrogen-bond acceptors (Lipinski definition) is 4. The zero-order valence-corrected chi connectivity index (χ0v) is 13.1. The number of alkyl carbamates (subject to hydrolysis) is 1. The molecule has 21 heavy (non-hydrogen) atoms. The maximum absolute atomic E-state index is 11.3. The highest BCUT2D eigenvalue weighted by Crippen LogP contribution is 2.26. The van der Waals surface area contributed by atoms with E-state index in [1.54, 1.807) is 0 Å².